The maximum Gasteiger partial charge on any atom is 0.118 e. The van der Waals surface area contributed by atoms with Crippen molar-refractivity contribution in [1.82, 2.24) is 15.1 Å². The summed E-state index contributed by atoms with van der Waals surface area (Å²) >= 11 is 0. The zero-order chi connectivity index (χ0) is 14.2. The summed E-state index contributed by atoms with van der Waals surface area (Å²) in [5.41, 5.74) is 0.251. The van der Waals surface area contributed by atoms with Gasteiger partial charge in [0.05, 0.1) is 13.1 Å². The van der Waals surface area contributed by atoms with E-state index in [-0.39, 0.29) is 5.54 Å². The quantitative estimate of drug-likeness (QED) is 0.893. The van der Waals surface area contributed by atoms with Crippen molar-refractivity contribution in [3.05, 3.63) is 23.7 Å². The normalized spacial score (nSPS) is 24.1. The van der Waals surface area contributed by atoms with Gasteiger partial charge in [0.25, 0.3) is 0 Å². The van der Waals surface area contributed by atoms with Crippen LogP contribution in [0.4, 0.5) is 0 Å². The summed E-state index contributed by atoms with van der Waals surface area (Å²) in [7, 11) is 2.21. The second kappa shape index (κ2) is 5.51. The van der Waals surface area contributed by atoms with Crippen LogP contribution in [0.1, 0.15) is 38.2 Å². The number of hydrogen-bond acceptors (Lipinski definition) is 4. The molecule has 2 aliphatic rings. The summed E-state index contributed by atoms with van der Waals surface area (Å²) in [5, 5.41) is 3.49. The van der Waals surface area contributed by atoms with Crippen LogP contribution in [0.5, 0.6) is 0 Å². The van der Waals surface area contributed by atoms with Crippen LogP contribution in [0, 0.1) is 0 Å². The first-order chi connectivity index (χ1) is 9.53. The third-order valence-electron chi connectivity index (χ3n) is 4.63. The van der Waals surface area contributed by atoms with E-state index in [1.54, 1.807) is 0 Å². The minimum Gasteiger partial charge on any atom is -0.463 e. The van der Waals surface area contributed by atoms with Crippen LogP contribution in [0.3, 0.4) is 0 Å². The van der Waals surface area contributed by atoms with E-state index < -0.39 is 0 Å². The Morgan fingerprint density at radius 3 is 2.70 bits per heavy atom. The summed E-state index contributed by atoms with van der Waals surface area (Å²) in [6.45, 7) is 9.78. The zero-order valence-corrected chi connectivity index (χ0v) is 13.0. The monoisotopic (exact) mass is 277 g/mol. The number of likely N-dealkylation sites (N-methyl/N-ethyl adjacent to an activating group) is 1. The lowest BCUT2D eigenvalue weighted by molar-refractivity contribution is 0.0326. The third kappa shape index (κ3) is 3.43. The number of rotatable bonds is 5. The fourth-order valence-corrected chi connectivity index (χ4v) is 2.83. The van der Waals surface area contributed by atoms with Gasteiger partial charge in [-0.2, -0.15) is 0 Å². The van der Waals surface area contributed by atoms with E-state index in [4.69, 9.17) is 4.42 Å². The highest BCUT2D eigenvalue weighted by Gasteiger charge is 2.31. The van der Waals surface area contributed by atoms with Gasteiger partial charge in [-0.3, -0.25) is 9.80 Å². The average Bonchev–Trinajstić information content (AvgIpc) is 3.12. The summed E-state index contributed by atoms with van der Waals surface area (Å²) in [6.07, 6.45) is 2.65. The maximum atomic E-state index is 5.94. The fraction of sp³-hybridized carbons (Fsp3) is 0.750. The Bertz CT molecular complexity index is 450. The van der Waals surface area contributed by atoms with E-state index in [0.717, 1.165) is 50.3 Å². The van der Waals surface area contributed by atoms with Crippen LogP contribution in [0.15, 0.2) is 16.5 Å². The molecule has 0 radical (unpaired) electrons. The first kappa shape index (κ1) is 14.1. The third-order valence-corrected chi connectivity index (χ3v) is 4.63. The Balaban J connectivity index is 1.52. The smallest absolute Gasteiger partial charge is 0.118 e. The highest BCUT2D eigenvalue weighted by molar-refractivity contribution is 5.08. The molecule has 0 unspecified atom stereocenters. The van der Waals surface area contributed by atoms with Gasteiger partial charge < -0.3 is 9.73 Å². The molecule has 2 fully saturated rings. The molecule has 4 nitrogen and oxygen atoms in total. The SMILES string of the molecule is CN1CCN(Cc2ccc(CNC3CC3)o2)CC1(C)C. The lowest BCUT2D eigenvalue weighted by atomic mass is 10.00. The van der Waals surface area contributed by atoms with Gasteiger partial charge in [0, 0.05) is 31.2 Å². The molecule has 0 amide bonds. The number of hydrogen-bond donors (Lipinski definition) is 1. The summed E-state index contributed by atoms with van der Waals surface area (Å²) < 4.78 is 5.94. The Morgan fingerprint density at radius 1 is 1.25 bits per heavy atom. The molecule has 0 spiro atoms. The van der Waals surface area contributed by atoms with E-state index in [1.807, 2.05) is 0 Å². The van der Waals surface area contributed by atoms with Crippen molar-refractivity contribution in [2.45, 2.75) is 51.4 Å². The maximum absolute atomic E-state index is 5.94. The molecule has 1 aliphatic carbocycles. The number of piperazine rings is 1. The van der Waals surface area contributed by atoms with E-state index in [1.165, 1.54) is 12.8 Å². The van der Waals surface area contributed by atoms with Gasteiger partial charge in [0.1, 0.15) is 11.5 Å². The lowest BCUT2D eigenvalue weighted by Crippen LogP contribution is -2.57. The van der Waals surface area contributed by atoms with Crippen molar-refractivity contribution in [2.75, 3.05) is 26.7 Å². The average molecular weight is 277 g/mol. The van der Waals surface area contributed by atoms with E-state index in [0.29, 0.717) is 0 Å². The molecule has 112 valence electrons. The largest absolute Gasteiger partial charge is 0.463 e. The molecule has 2 heterocycles. The minimum absolute atomic E-state index is 0.251. The number of furan rings is 1. The van der Waals surface area contributed by atoms with Crippen molar-refractivity contribution < 1.29 is 4.42 Å². The van der Waals surface area contributed by atoms with Crippen molar-refractivity contribution in [3.63, 3.8) is 0 Å². The van der Waals surface area contributed by atoms with Crippen LogP contribution in [-0.2, 0) is 13.1 Å². The Morgan fingerprint density at radius 2 is 2.00 bits per heavy atom. The van der Waals surface area contributed by atoms with Gasteiger partial charge in [-0.05, 0) is 45.9 Å². The topological polar surface area (TPSA) is 31.6 Å². The van der Waals surface area contributed by atoms with Crippen LogP contribution in [0.2, 0.25) is 0 Å². The van der Waals surface area contributed by atoms with Crippen LogP contribution in [-0.4, -0.2) is 48.1 Å². The van der Waals surface area contributed by atoms with E-state index in [2.05, 4.69) is 48.1 Å². The molecular weight excluding hydrogens is 250 g/mol. The molecule has 1 aromatic rings. The molecule has 1 N–H and O–H groups in total. The van der Waals surface area contributed by atoms with Crippen molar-refractivity contribution in [3.8, 4) is 0 Å². The standard InChI is InChI=1S/C16H27N3O/c1-16(2)12-19(9-8-18(16)3)11-15-7-6-14(20-15)10-17-13-4-5-13/h6-7,13,17H,4-5,8-12H2,1-3H3. The summed E-state index contributed by atoms with van der Waals surface area (Å²) in [5.74, 6) is 2.17. The molecule has 0 aromatic carbocycles. The predicted octanol–water partition coefficient (Wildman–Crippen LogP) is 2.06. The zero-order valence-electron chi connectivity index (χ0n) is 13.0. The predicted molar refractivity (Wildman–Crippen MR) is 80.6 cm³/mol. The van der Waals surface area contributed by atoms with Crippen LogP contribution < -0.4 is 5.32 Å². The molecule has 3 rings (SSSR count). The fourth-order valence-electron chi connectivity index (χ4n) is 2.83. The molecule has 20 heavy (non-hydrogen) atoms. The second-order valence-electron chi connectivity index (χ2n) is 6.97. The molecule has 1 aromatic heterocycles. The highest BCUT2D eigenvalue weighted by atomic mass is 16.3. The number of nitrogens with one attached hydrogen (secondary N) is 1. The van der Waals surface area contributed by atoms with Crippen LogP contribution >= 0.6 is 0 Å². The molecule has 0 atom stereocenters. The summed E-state index contributed by atoms with van der Waals surface area (Å²) in [6, 6.07) is 4.99. The van der Waals surface area contributed by atoms with E-state index in [9.17, 15) is 0 Å². The summed E-state index contributed by atoms with van der Waals surface area (Å²) in [4.78, 5) is 4.94. The Hall–Kier alpha value is -0.840. The molecule has 1 saturated heterocycles. The second-order valence-corrected chi connectivity index (χ2v) is 6.97. The van der Waals surface area contributed by atoms with Crippen molar-refractivity contribution >= 4 is 0 Å². The minimum atomic E-state index is 0.251. The molecular formula is C16H27N3O. The first-order valence-corrected chi connectivity index (χ1v) is 7.77. The molecule has 1 saturated carbocycles. The van der Waals surface area contributed by atoms with Gasteiger partial charge in [-0.25, -0.2) is 0 Å². The lowest BCUT2D eigenvalue weighted by Gasteiger charge is -2.45. The number of nitrogens with zero attached hydrogens (tertiary/aromatic N) is 2. The van der Waals surface area contributed by atoms with Gasteiger partial charge in [0.15, 0.2) is 0 Å². The van der Waals surface area contributed by atoms with Gasteiger partial charge in [-0.1, -0.05) is 0 Å². The molecule has 4 heteroatoms. The van der Waals surface area contributed by atoms with Crippen LogP contribution in [0.25, 0.3) is 0 Å². The molecule has 1 aliphatic heterocycles. The van der Waals surface area contributed by atoms with Crippen molar-refractivity contribution in [2.24, 2.45) is 0 Å². The van der Waals surface area contributed by atoms with Gasteiger partial charge >= 0.3 is 0 Å². The Kier molecular flexibility index (Phi) is 3.89. The van der Waals surface area contributed by atoms with Gasteiger partial charge in [-0.15, -0.1) is 0 Å². The van der Waals surface area contributed by atoms with E-state index >= 15 is 0 Å². The Labute approximate surface area is 122 Å². The van der Waals surface area contributed by atoms with Crippen molar-refractivity contribution in [1.29, 1.82) is 0 Å². The molecule has 0 bridgehead atoms. The van der Waals surface area contributed by atoms with Gasteiger partial charge in [0.2, 0.25) is 0 Å². The first-order valence-electron chi connectivity index (χ1n) is 7.77. The highest BCUT2D eigenvalue weighted by Crippen LogP contribution is 2.22.